The molecule has 0 spiro atoms. The van der Waals surface area contributed by atoms with Crippen LogP contribution in [0.4, 0.5) is 0 Å². The summed E-state index contributed by atoms with van der Waals surface area (Å²) in [6, 6.07) is -3.35. The maximum atomic E-state index is 13.4. The summed E-state index contributed by atoms with van der Waals surface area (Å²) in [4.78, 5) is 76.3. The van der Waals surface area contributed by atoms with E-state index in [4.69, 9.17) is 16.9 Å². The van der Waals surface area contributed by atoms with Crippen LogP contribution in [0, 0.1) is 11.3 Å². The van der Waals surface area contributed by atoms with Gasteiger partial charge in [-0.05, 0) is 42.9 Å². The highest BCUT2D eigenvalue weighted by molar-refractivity contribution is 5.96. The number of carboxylic acids is 1. The first-order valence-corrected chi connectivity index (χ1v) is 15.7. The molecule has 0 aliphatic heterocycles. The Morgan fingerprint density at radius 3 is 1.56 bits per heavy atom. The SMILES string of the molecule is CC(C)C[C@H](NC(=O)[C@H](CO)NC(=O)[C@H](Cc1ccc(O)cc1)NC(=O)[C@H](CO)NC(=O)[C@H](CO)NC(=O)[C@@H](N)CCCNC(=N)N)C(=O)O. The number of nitrogens with one attached hydrogen (secondary N) is 7. The molecule has 0 aliphatic carbocycles. The van der Waals surface area contributed by atoms with Gasteiger partial charge >= 0.3 is 5.97 Å². The molecule has 1 aromatic carbocycles. The standard InChI is InChI=1S/C30H49N9O11/c1-15(2)10-20(29(49)50)36-27(47)23(14-42)38-25(45)19(11-16-5-7-17(43)8-6-16)35-26(46)22(13-41)39-28(48)21(12-40)37-24(44)18(31)4-3-9-34-30(32)33/h5-8,15,18-23,40-43H,3-4,9-14,31H2,1-2H3,(H,35,46)(H,36,47)(H,37,44)(H,38,45)(H,39,48)(H,49,50)(H4,32,33,34)/t18-,19-,20-,21-,22-,23-/m0/s1. The molecule has 1 rings (SSSR count). The number of aliphatic hydroxyl groups is 3. The molecule has 0 saturated carbocycles. The molecule has 0 fully saturated rings. The normalized spacial score (nSPS) is 14.5. The molecular weight excluding hydrogens is 662 g/mol. The molecule has 1 aromatic rings. The van der Waals surface area contributed by atoms with Gasteiger partial charge in [0.15, 0.2) is 5.96 Å². The Balaban J connectivity index is 3.07. The van der Waals surface area contributed by atoms with Crippen LogP contribution in [0.15, 0.2) is 24.3 Å². The first kappa shape index (κ1) is 43.0. The third-order valence-electron chi connectivity index (χ3n) is 7.12. The molecule has 0 unspecified atom stereocenters. The number of phenolic OH excluding ortho intramolecular Hbond substituents is 1. The number of carbonyl (C=O) groups excluding carboxylic acids is 5. The number of aliphatic hydroxyl groups excluding tert-OH is 3. The van der Waals surface area contributed by atoms with Crippen molar-refractivity contribution in [1.29, 1.82) is 5.41 Å². The minimum Gasteiger partial charge on any atom is -0.508 e. The zero-order chi connectivity index (χ0) is 38.0. The van der Waals surface area contributed by atoms with Crippen LogP contribution in [-0.2, 0) is 35.2 Å². The van der Waals surface area contributed by atoms with E-state index in [2.05, 4.69) is 31.9 Å². The molecule has 0 heterocycles. The van der Waals surface area contributed by atoms with Gasteiger partial charge in [0.2, 0.25) is 29.5 Å². The van der Waals surface area contributed by atoms with Gasteiger partial charge in [0.1, 0.15) is 36.0 Å². The zero-order valence-corrected chi connectivity index (χ0v) is 27.8. The molecule has 50 heavy (non-hydrogen) atoms. The van der Waals surface area contributed by atoms with E-state index in [1.165, 1.54) is 24.3 Å². The van der Waals surface area contributed by atoms with Crippen molar-refractivity contribution in [3.63, 3.8) is 0 Å². The third-order valence-corrected chi connectivity index (χ3v) is 7.12. The fraction of sp³-hybridized carbons (Fsp3) is 0.567. The fourth-order valence-electron chi connectivity index (χ4n) is 4.40. The lowest BCUT2D eigenvalue weighted by molar-refractivity contribution is -0.143. The predicted molar refractivity (Wildman–Crippen MR) is 177 cm³/mol. The van der Waals surface area contributed by atoms with Crippen LogP contribution < -0.4 is 43.4 Å². The van der Waals surface area contributed by atoms with Crippen molar-refractivity contribution in [3.8, 4) is 5.75 Å². The van der Waals surface area contributed by atoms with Gasteiger partial charge in [-0.1, -0.05) is 26.0 Å². The maximum absolute atomic E-state index is 13.4. The number of aromatic hydroxyl groups is 1. The van der Waals surface area contributed by atoms with Gasteiger partial charge in [0.05, 0.1) is 25.9 Å². The van der Waals surface area contributed by atoms with E-state index in [-0.39, 0.29) is 43.4 Å². The zero-order valence-electron chi connectivity index (χ0n) is 27.8. The predicted octanol–water partition coefficient (Wildman–Crippen LogP) is -4.94. The molecule has 280 valence electrons. The van der Waals surface area contributed by atoms with Crippen molar-refractivity contribution >= 4 is 41.5 Å². The summed E-state index contributed by atoms with van der Waals surface area (Å²) < 4.78 is 0. The molecule has 0 saturated heterocycles. The van der Waals surface area contributed by atoms with Crippen molar-refractivity contribution in [1.82, 2.24) is 31.9 Å². The van der Waals surface area contributed by atoms with Crippen molar-refractivity contribution in [2.45, 2.75) is 75.8 Å². The molecular formula is C30H49N9O11. The minimum atomic E-state index is -1.71. The fourth-order valence-corrected chi connectivity index (χ4v) is 4.40. The lowest BCUT2D eigenvalue weighted by atomic mass is 10.0. The van der Waals surface area contributed by atoms with Gasteiger partial charge in [-0.15, -0.1) is 0 Å². The van der Waals surface area contributed by atoms with Gasteiger partial charge in [0.25, 0.3) is 0 Å². The summed E-state index contributed by atoms with van der Waals surface area (Å²) >= 11 is 0. The topological polar surface area (TPSA) is 352 Å². The van der Waals surface area contributed by atoms with Gasteiger partial charge in [0, 0.05) is 13.0 Å². The van der Waals surface area contributed by atoms with E-state index in [1.54, 1.807) is 13.8 Å². The second-order valence-electron chi connectivity index (χ2n) is 11.8. The van der Waals surface area contributed by atoms with E-state index in [0.717, 1.165) is 0 Å². The smallest absolute Gasteiger partial charge is 0.326 e. The van der Waals surface area contributed by atoms with E-state index in [0.29, 0.717) is 12.0 Å². The molecule has 5 amide bonds. The van der Waals surface area contributed by atoms with Gasteiger partial charge < -0.3 is 68.9 Å². The number of rotatable bonds is 22. The Morgan fingerprint density at radius 1 is 0.720 bits per heavy atom. The average molecular weight is 712 g/mol. The lowest BCUT2D eigenvalue weighted by Gasteiger charge is -2.26. The summed E-state index contributed by atoms with van der Waals surface area (Å²) in [5.74, 6) is -6.78. The van der Waals surface area contributed by atoms with E-state index in [9.17, 15) is 54.3 Å². The average Bonchev–Trinajstić information content (AvgIpc) is 3.06. The quantitative estimate of drug-likeness (QED) is 0.0304. The molecule has 20 nitrogen and oxygen atoms in total. The van der Waals surface area contributed by atoms with Crippen LogP contribution in [-0.4, -0.2) is 130 Å². The van der Waals surface area contributed by atoms with Gasteiger partial charge in [-0.2, -0.15) is 0 Å². The highest BCUT2D eigenvalue weighted by Gasteiger charge is 2.32. The van der Waals surface area contributed by atoms with Crippen molar-refractivity contribution in [2.24, 2.45) is 17.4 Å². The molecule has 20 heteroatoms. The Labute approximate surface area is 288 Å². The largest absolute Gasteiger partial charge is 0.508 e. The maximum Gasteiger partial charge on any atom is 0.326 e. The number of aliphatic carboxylic acids is 1. The number of nitrogens with two attached hydrogens (primary N) is 2. The summed E-state index contributed by atoms with van der Waals surface area (Å²) in [7, 11) is 0. The Bertz CT molecular complexity index is 1310. The summed E-state index contributed by atoms with van der Waals surface area (Å²) in [5, 5.41) is 69.5. The van der Waals surface area contributed by atoms with Crippen LogP contribution in [0.3, 0.4) is 0 Å². The molecule has 0 aliphatic rings. The van der Waals surface area contributed by atoms with Crippen LogP contribution in [0.25, 0.3) is 0 Å². The molecule has 6 atom stereocenters. The number of carbonyl (C=O) groups is 6. The van der Waals surface area contributed by atoms with Crippen molar-refractivity contribution in [3.05, 3.63) is 29.8 Å². The molecule has 0 aromatic heterocycles. The lowest BCUT2D eigenvalue weighted by Crippen LogP contribution is -2.61. The molecule has 0 radical (unpaired) electrons. The monoisotopic (exact) mass is 711 g/mol. The Hall–Kier alpha value is -5.05. The number of hydrogen-bond acceptors (Lipinski definition) is 12. The highest BCUT2D eigenvalue weighted by atomic mass is 16.4. The van der Waals surface area contributed by atoms with Crippen LogP contribution in [0.1, 0.15) is 38.7 Å². The van der Waals surface area contributed by atoms with Crippen LogP contribution >= 0.6 is 0 Å². The molecule has 16 N–H and O–H groups in total. The first-order valence-electron chi connectivity index (χ1n) is 15.7. The number of amides is 5. The minimum absolute atomic E-state index is 0.0640. The van der Waals surface area contributed by atoms with Crippen LogP contribution in [0.5, 0.6) is 5.75 Å². The third kappa shape index (κ3) is 15.4. The van der Waals surface area contributed by atoms with Gasteiger partial charge in [-0.25, -0.2) is 4.79 Å². The second kappa shape index (κ2) is 21.8. The summed E-state index contributed by atoms with van der Waals surface area (Å²) in [5.41, 5.74) is 11.4. The van der Waals surface area contributed by atoms with Gasteiger partial charge in [-0.3, -0.25) is 29.4 Å². The van der Waals surface area contributed by atoms with E-state index >= 15 is 0 Å². The second-order valence-corrected chi connectivity index (χ2v) is 11.8. The van der Waals surface area contributed by atoms with Crippen LogP contribution in [0.2, 0.25) is 0 Å². The molecule has 0 bridgehead atoms. The Morgan fingerprint density at radius 2 is 1.14 bits per heavy atom. The summed E-state index contributed by atoms with van der Waals surface area (Å²) in [6.07, 6.45) is 0.300. The van der Waals surface area contributed by atoms with Crippen molar-refractivity contribution in [2.75, 3.05) is 26.4 Å². The number of carboxylic acid groups (broad SMARTS) is 1. The number of hydrogen-bond donors (Lipinski definition) is 14. The highest BCUT2D eigenvalue weighted by Crippen LogP contribution is 2.12. The number of benzene rings is 1. The number of phenols is 1. The summed E-state index contributed by atoms with van der Waals surface area (Å²) in [6.45, 7) is 0.897. The number of guanidine groups is 1. The van der Waals surface area contributed by atoms with Crippen molar-refractivity contribution < 1.29 is 54.3 Å². The first-order chi connectivity index (χ1) is 23.5. The van der Waals surface area contributed by atoms with E-state index < -0.39 is 91.6 Å². The Kier molecular flexibility index (Phi) is 18.8. The van der Waals surface area contributed by atoms with E-state index in [1.807, 2.05) is 0 Å².